The van der Waals surface area contributed by atoms with E-state index in [9.17, 15) is 17.2 Å². The van der Waals surface area contributed by atoms with Crippen molar-refractivity contribution in [3.8, 4) is 29.0 Å². The monoisotopic (exact) mass is 557 g/mol. The number of hydrogen-bond acceptors (Lipinski definition) is 9. The van der Waals surface area contributed by atoms with Crippen LogP contribution in [0.5, 0.6) is 11.6 Å². The molecule has 4 rings (SSSR count). The number of anilines is 2. The molecule has 3 aromatic rings. The molecule has 0 saturated carbocycles. The zero-order valence-electron chi connectivity index (χ0n) is 21.5. The highest BCUT2D eigenvalue weighted by atomic mass is 32.2. The standard InChI is InChI=1S/C26H29F2N7O3S/c1-26(2,10-11-29)16-39(36,37)35-20-7-8-21(23(28)22(20)27)38-24-18(6-4-13-31-24)19-9-14-32-25(34-19)33-17-5-3-12-30-15-17/h4,6-9,13-14,17,30,35H,3,5,10,12,15-16H2,1-2H3,(H,32,33,34)/t17-/m0/s1. The second-order valence-electron chi connectivity index (χ2n) is 10.0. The molecule has 0 unspecified atom stereocenters. The maximum atomic E-state index is 15.0. The van der Waals surface area contributed by atoms with Gasteiger partial charge >= 0.3 is 0 Å². The Morgan fingerprint density at radius 2 is 2.00 bits per heavy atom. The lowest BCUT2D eigenvalue weighted by atomic mass is 9.93. The summed E-state index contributed by atoms with van der Waals surface area (Å²) in [6, 6.07) is 9.26. The van der Waals surface area contributed by atoms with Crippen LogP contribution in [0.2, 0.25) is 0 Å². The Morgan fingerprint density at radius 3 is 2.74 bits per heavy atom. The molecule has 1 fully saturated rings. The van der Waals surface area contributed by atoms with E-state index in [-0.39, 0.29) is 18.3 Å². The molecule has 0 aliphatic carbocycles. The summed E-state index contributed by atoms with van der Waals surface area (Å²) in [5.74, 6) is -3.36. The molecule has 3 N–H and O–H groups in total. The van der Waals surface area contributed by atoms with Crippen LogP contribution in [0.15, 0.2) is 42.7 Å². The number of rotatable bonds is 10. The van der Waals surface area contributed by atoms with E-state index in [1.807, 2.05) is 6.07 Å². The Morgan fingerprint density at radius 1 is 1.18 bits per heavy atom. The highest BCUT2D eigenvalue weighted by Crippen LogP contribution is 2.34. The molecule has 10 nitrogen and oxygen atoms in total. The smallest absolute Gasteiger partial charge is 0.233 e. The Labute approximate surface area is 225 Å². The first-order chi connectivity index (χ1) is 18.6. The normalized spacial score (nSPS) is 15.8. The highest BCUT2D eigenvalue weighted by molar-refractivity contribution is 7.92. The summed E-state index contributed by atoms with van der Waals surface area (Å²) in [6.45, 7) is 4.96. The minimum Gasteiger partial charge on any atom is -0.435 e. The van der Waals surface area contributed by atoms with E-state index in [1.54, 1.807) is 38.2 Å². The number of nitrogens with one attached hydrogen (secondary N) is 3. The minimum absolute atomic E-state index is 0.0219. The van der Waals surface area contributed by atoms with Gasteiger partial charge < -0.3 is 15.4 Å². The molecular weight excluding hydrogens is 528 g/mol. The average Bonchev–Trinajstić information content (AvgIpc) is 2.89. The molecule has 1 saturated heterocycles. The van der Waals surface area contributed by atoms with Crippen LogP contribution in [0.3, 0.4) is 0 Å². The lowest BCUT2D eigenvalue weighted by Crippen LogP contribution is -2.38. The number of aromatic nitrogens is 3. The van der Waals surface area contributed by atoms with Gasteiger partial charge in [0.2, 0.25) is 27.7 Å². The van der Waals surface area contributed by atoms with Gasteiger partial charge in [0.05, 0.1) is 28.8 Å². The Kier molecular flexibility index (Phi) is 8.57. The summed E-state index contributed by atoms with van der Waals surface area (Å²) in [4.78, 5) is 13.0. The largest absolute Gasteiger partial charge is 0.435 e. The van der Waals surface area contributed by atoms with Crippen LogP contribution < -0.4 is 20.1 Å². The van der Waals surface area contributed by atoms with E-state index in [4.69, 9.17) is 10.00 Å². The van der Waals surface area contributed by atoms with Crippen molar-refractivity contribution < 1.29 is 21.9 Å². The number of benzene rings is 1. The summed E-state index contributed by atoms with van der Waals surface area (Å²) in [5, 5.41) is 15.5. The zero-order chi connectivity index (χ0) is 28.0. The zero-order valence-corrected chi connectivity index (χ0v) is 22.4. The van der Waals surface area contributed by atoms with Crippen LogP contribution in [0.25, 0.3) is 11.3 Å². The van der Waals surface area contributed by atoms with Crippen molar-refractivity contribution in [2.24, 2.45) is 5.41 Å². The van der Waals surface area contributed by atoms with E-state index < -0.39 is 44.3 Å². The van der Waals surface area contributed by atoms with Crippen LogP contribution in [-0.4, -0.2) is 48.3 Å². The number of pyridine rings is 1. The first-order valence-corrected chi connectivity index (χ1v) is 14.0. The molecule has 0 radical (unpaired) electrons. The molecule has 0 amide bonds. The van der Waals surface area contributed by atoms with Crippen LogP contribution in [0, 0.1) is 28.4 Å². The van der Waals surface area contributed by atoms with Crippen molar-refractivity contribution in [1.29, 1.82) is 5.26 Å². The van der Waals surface area contributed by atoms with Gasteiger partial charge in [-0.05, 0) is 55.1 Å². The van der Waals surface area contributed by atoms with Crippen molar-refractivity contribution in [1.82, 2.24) is 20.3 Å². The first kappa shape index (κ1) is 28.1. The van der Waals surface area contributed by atoms with Crippen LogP contribution >= 0.6 is 0 Å². The van der Waals surface area contributed by atoms with Crippen LogP contribution in [0.4, 0.5) is 20.4 Å². The number of sulfonamides is 1. The van der Waals surface area contributed by atoms with Crippen molar-refractivity contribution in [2.75, 3.05) is 28.9 Å². The van der Waals surface area contributed by atoms with E-state index in [2.05, 4.69) is 30.3 Å². The molecule has 1 aliphatic rings. The fourth-order valence-corrected chi connectivity index (χ4v) is 5.88. The molecule has 206 valence electrons. The maximum absolute atomic E-state index is 15.0. The second kappa shape index (κ2) is 11.9. The highest BCUT2D eigenvalue weighted by Gasteiger charge is 2.28. The van der Waals surface area contributed by atoms with Crippen molar-refractivity contribution in [3.63, 3.8) is 0 Å². The van der Waals surface area contributed by atoms with Gasteiger partial charge in [0, 0.05) is 31.4 Å². The fraction of sp³-hybridized carbons (Fsp3) is 0.385. The second-order valence-corrected chi connectivity index (χ2v) is 11.7. The third kappa shape index (κ3) is 7.36. The van der Waals surface area contributed by atoms with Gasteiger partial charge in [0.25, 0.3) is 0 Å². The van der Waals surface area contributed by atoms with E-state index in [0.717, 1.165) is 38.1 Å². The quantitative estimate of drug-likeness (QED) is 0.329. The third-order valence-corrected chi connectivity index (χ3v) is 7.68. The van der Waals surface area contributed by atoms with Gasteiger partial charge in [-0.3, -0.25) is 4.72 Å². The molecule has 1 aliphatic heterocycles. The SMILES string of the molecule is CC(C)(CC#N)CS(=O)(=O)Nc1ccc(Oc2ncccc2-c2ccnc(N[C@H]3CCCNC3)n2)c(F)c1F. The van der Waals surface area contributed by atoms with Gasteiger partial charge in [0.15, 0.2) is 11.6 Å². The number of nitriles is 1. The van der Waals surface area contributed by atoms with Gasteiger partial charge in [-0.1, -0.05) is 13.8 Å². The molecule has 3 heterocycles. The molecule has 0 bridgehead atoms. The lowest BCUT2D eigenvalue weighted by molar-refractivity contribution is 0.407. The Balaban J connectivity index is 1.54. The average molecular weight is 558 g/mol. The number of hydrogen-bond donors (Lipinski definition) is 3. The van der Waals surface area contributed by atoms with Gasteiger partial charge in [-0.15, -0.1) is 0 Å². The molecule has 1 atom stereocenters. The van der Waals surface area contributed by atoms with Crippen LogP contribution in [0.1, 0.15) is 33.1 Å². The van der Waals surface area contributed by atoms with Crippen LogP contribution in [-0.2, 0) is 10.0 Å². The van der Waals surface area contributed by atoms with Gasteiger partial charge in [-0.25, -0.2) is 27.8 Å². The molecule has 39 heavy (non-hydrogen) atoms. The predicted octanol–water partition coefficient (Wildman–Crippen LogP) is 4.45. The minimum atomic E-state index is -4.07. The van der Waals surface area contributed by atoms with Crippen molar-refractivity contribution in [2.45, 2.75) is 39.2 Å². The van der Waals surface area contributed by atoms with Crippen molar-refractivity contribution >= 4 is 21.7 Å². The topological polar surface area (TPSA) is 142 Å². The summed E-state index contributed by atoms with van der Waals surface area (Å²) < 4.78 is 62.6. The van der Waals surface area contributed by atoms with E-state index in [1.165, 1.54) is 6.20 Å². The number of nitrogens with zero attached hydrogens (tertiary/aromatic N) is 4. The lowest BCUT2D eigenvalue weighted by Gasteiger charge is -2.23. The first-order valence-electron chi connectivity index (χ1n) is 12.4. The molecule has 1 aromatic carbocycles. The summed E-state index contributed by atoms with van der Waals surface area (Å²) in [5.41, 5.74) is -0.561. The Hall–Kier alpha value is -3.89. The summed E-state index contributed by atoms with van der Waals surface area (Å²) in [6.07, 6.45) is 5.02. The molecule has 13 heteroatoms. The van der Waals surface area contributed by atoms with Gasteiger partial charge in [-0.2, -0.15) is 9.65 Å². The summed E-state index contributed by atoms with van der Waals surface area (Å²) >= 11 is 0. The molecule has 2 aromatic heterocycles. The van der Waals surface area contributed by atoms with Gasteiger partial charge in [0.1, 0.15) is 0 Å². The number of piperidine rings is 1. The summed E-state index contributed by atoms with van der Waals surface area (Å²) in [7, 11) is -4.07. The maximum Gasteiger partial charge on any atom is 0.233 e. The fourth-order valence-electron chi connectivity index (χ4n) is 4.18. The predicted molar refractivity (Wildman–Crippen MR) is 143 cm³/mol. The van der Waals surface area contributed by atoms with E-state index >= 15 is 0 Å². The number of ether oxygens (including phenoxy) is 1. The van der Waals surface area contributed by atoms with E-state index in [0.29, 0.717) is 17.2 Å². The Bertz CT molecular complexity index is 1470. The molecule has 0 spiro atoms. The van der Waals surface area contributed by atoms with Crippen molar-refractivity contribution in [3.05, 3.63) is 54.4 Å². The number of halogens is 2. The molecular formula is C26H29F2N7O3S. The third-order valence-electron chi connectivity index (χ3n) is 5.99.